The van der Waals surface area contributed by atoms with Crippen LogP contribution in [-0.4, -0.2) is 30.7 Å². The summed E-state index contributed by atoms with van der Waals surface area (Å²) < 4.78 is 16.5. The minimum atomic E-state index is -0.404. The highest BCUT2D eigenvalue weighted by Crippen LogP contribution is 2.41. The van der Waals surface area contributed by atoms with E-state index in [1.807, 2.05) is 32.0 Å². The second-order valence-electron chi connectivity index (χ2n) is 6.58. The highest BCUT2D eigenvalue weighted by Gasteiger charge is 2.35. The average molecular weight is 342 g/mol. The van der Waals surface area contributed by atoms with Crippen molar-refractivity contribution in [3.05, 3.63) is 47.8 Å². The molecule has 1 atom stereocenters. The van der Waals surface area contributed by atoms with Crippen LogP contribution in [0.5, 0.6) is 17.2 Å². The maximum atomic E-state index is 12.6. The first-order valence-electron chi connectivity index (χ1n) is 8.10. The Morgan fingerprint density at radius 2 is 1.92 bits per heavy atom. The molecule has 1 aliphatic rings. The SMILES string of the molecule is COc1ccnc(C(=O)N[C@H]2CC(C)(C)Oc3cc(OC)ccc32)c1. The smallest absolute Gasteiger partial charge is 0.270 e. The number of methoxy groups -OCH3 is 2. The van der Waals surface area contributed by atoms with Gasteiger partial charge in [0.25, 0.3) is 5.91 Å². The van der Waals surface area contributed by atoms with E-state index in [-0.39, 0.29) is 11.9 Å². The van der Waals surface area contributed by atoms with Gasteiger partial charge in [0, 0.05) is 30.3 Å². The molecule has 2 aromatic rings. The molecule has 0 saturated carbocycles. The number of aromatic nitrogens is 1. The van der Waals surface area contributed by atoms with E-state index in [4.69, 9.17) is 14.2 Å². The maximum Gasteiger partial charge on any atom is 0.270 e. The summed E-state index contributed by atoms with van der Waals surface area (Å²) >= 11 is 0. The van der Waals surface area contributed by atoms with E-state index in [0.717, 1.165) is 17.1 Å². The Labute approximate surface area is 147 Å². The molecular formula is C19H22N2O4. The van der Waals surface area contributed by atoms with Gasteiger partial charge in [-0.2, -0.15) is 0 Å². The third kappa shape index (κ3) is 3.68. The number of amides is 1. The standard InChI is InChI=1S/C19H22N2O4/c1-19(2)11-16(14-6-5-12(23-3)10-17(14)25-19)21-18(22)15-9-13(24-4)7-8-20-15/h5-10,16H,11H2,1-4H3,(H,21,22)/t16-/m0/s1. The summed E-state index contributed by atoms with van der Waals surface area (Å²) in [6, 6.07) is 8.78. The zero-order valence-electron chi connectivity index (χ0n) is 14.8. The molecule has 2 heterocycles. The Balaban J connectivity index is 1.88. The van der Waals surface area contributed by atoms with Crippen LogP contribution < -0.4 is 19.5 Å². The van der Waals surface area contributed by atoms with E-state index in [9.17, 15) is 4.79 Å². The summed E-state index contributed by atoms with van der Waals surface area (Å²) in [7, 11) is 3.17. The summed E-state index contributed by atoms with van der Waals surface area (Å²) in [5.41, 5.74) is 0.842. The van der Waals surface area contributed by atoms with Crippen LogP contribution in [0.25, 0.3) is 0 Å². The van der Waals surface area contributed by atoms with Gasteiger partial charge in [-0.15, -0.1) is 0 Å². The van der Waals surface area contributed by atoms with Crippen molar-refractivity contribution in [3.8, 4) is 17.2 Å². The van der Waals surface area contributed by atoms with E-state index in [1.54, 1.807) is 32.5 Å². The zero-order valence-corrected chi connectivity index (χ0v) is 14.8. The number of rotatable bonds is 4. The summed E-state index contributed by atoms with van der Waals surface area (Å²) in [4.78, 5) is 16.8. The predicted octanol–water partition coefficient (Wildman–Crippen LogP) is 3.13. The van der Waals surface area contributed by atoms with E-state index < -0.39 is 5.60 Å². The number of fused-ring (bicyclic) bond motifs is 1. The van der Waals surface area contributed by atoms with Gasteiger partial charge in [0.1, 0.15) is 28.5 Å². The Kier molecular flexibility index (Phi) is 4.53. The molecule has 25 heavy (non-hydrogen) atoms. The molecule has 0 fully saturated rings. The molecular weight excluding hydrogens is 320 g/mol. The molecule has 0 spiro atoms. The van der Waals surface area contributed by atoms with Gasteiger partial charge in [-0.05, 0) is 32.0 Å². The van der Waals surface area contributed by atoms with Crippen molar-refractivity contribution in [2.45, 2.75) is 31.9 Å². The number of hydrogen-bond donors (Lipinski definition) is 1. The van der Waals surface area contributed by atoms with Gasteiger partial charge < -0.3 is 19.5 Å². The molecule has 1 N–H and O–H groups in total. The quantitative estimate of drug-likeness (QED) is 0.924. The fourth-order valence-corrected chi connectivity index (χ4v) is 2.98. The van der Waals surface area contributed by atoms with Gasteiger partial charge in [0.2, 0.25) is 0 Å². The first-order chi connectivity index (χ1) is 11.9. The van der Waals surface area contributed by atoms with Crippen molar-refractivity contribution in [1.82, 2.24) is 10.3 Å². The molecule has 1 amide bonds. The first-order valence-corrected chi connectivity index (χ1v) is 8.10. The summed E-state index contributed by atoms with van der Waals surface area (Å²) in [6.07, 6.45) is 2.21. The third-order valence-corrected chi connectivity index (χ3v) is 4.18. The van der Waals surface area contributed by atoms with Gasteiger partial charge >= 0.3 is 0 Å². The number of nitrogens with one attached hydrogen (secondary N) is 1. The van der Waals surface area contributed by atoms with Gasteiger partial charge in [-0.1, -0.05) is 0 Å². The average Bonchev–Trinajstić information content (AvgIpc) is 2.60. The number of hydrogen-bond acceptors (Lipinski definition) is 5. The Morgan fingerprint density at radius 1 is 1.20 bits per heavy atom. The summed E-state index contributed by atoms with van der Waals surface area (Å²) in [5.74, 6) is 1.79. The fourth-order valence-electron chi connectivity index (χ4n) is 2.98. The molecule has 6 nitrogen and oxygen atoms in total. The third-order valence-electron chi connectivity index (χ3n) is 4.18. The molecule has 6 heteroatoms. The normalized spacial score (nSPS) is 17.8. The van der Waals surface area contributed by atoms with Crippen molar-refractivity contribution in [2.24, 2.45) is 0 Å². The zero-order chi connectivity index (χ0) is 18.0. The predicted molar refractivity (Wildman–Crippen MR) is 93.3 cm³/mol. The van der Waals surface area contributed by atoms with Crippen molar-refractivity contribution < 1.29 is 19.0 Å². The number of carbonyl (C=O) groups excluding carboxylic acids is 1. The molecule has 0 aliphatic carbocycles. The van der Waals surface area contributed by atoms with Crippen LogP contribution in [0.15, 0.2) is 36.5 Å². The largest absolute Gasteiger partial charge is 0.497 e. The molecule has 132 valence electrons. The van der Waals surface area contributed by atoms with Crippen LogP contribution in [0.1, 0.15) is 42.4 Å². The Bertz CT molecular complexity index is 789. The molecule has 0 radical (unpaired) electrons. The van der Waals surface area contributed by atoms with Crippen molar-refractivity contribution in [3.63, 3.8) is 0 Å². The summed E-state index contributed by atoms with van der Waals surface area (Å²) in [5, 5.41) is 3.06. The van der Waals surface area contributed by atoms with Crippen LogP contribution in [0.4, 0.5) is 0 Å². The summed E-state index contributed by atoms with van der Waals surface area (Å²) in [6.45, 7) is 4.00. The van der Waals surface area contributed by atoms with Crippen LogP contribution in [0, 0.1) is 0 Å². The second kappa shape index (κ2) is 6.63. The molecule has 1 aromatic heterocycles. The number of ether oxygens (including phenoxy) is 3. The highest BCUT2D eigenvalue weighted by molar-refractivity contribution is 5.93. The number of pyridine rings is 1. The fraction of sp³-hybridized carbons (Fsp3) is 0.368. The first kappa shape index (κ1) is 17.1. The minimum absolute atomic E-state index is 0.176. The Hall–Kier alpha value is -2.76. The number of benzene rings is 1. The van der Waals surface area contributed by atoms with E-state index in [1.165, 1.54) is 0 Å². The van der Waals surface area contributed by atoms with Crippen LogP contribution in [0.2, 0.25) is 0 Å². The number of carbonyl (C=O) groups is 1. The topological polar surface area (TPSA) is 69.7 Å². The Morgan fingerprint density at radius 3 is 2.64 bits per heavy atom. The van der Waals surface area contributed by atoms with Gasteiger partial charge in [0.05, 0.1) is 20.3 Å². The van der Waals surface area contributed by atoms with Gasteiger partial charge in [-0.3, -0.25) is 9.78 Å². The van der Waals surface area contributed by atoms with E-state index in [0.29, 0.717) is 17.9 Å². The number of nitrogens with zero attached hydrogens (tertiary/aromatic N) is 1. The molecule has 1 aromatic carbocycles. The molecule has 0 bridgehead atoms. The lowest BCUT2D eigenvalue weighted by Crippen LogP contribution is -2.41. The van der Waals surface area contributed by atoms with Crippen molar-refractivity contribution in [1.29, 1.82) is 0 Å². The maximum absolute atomic E-state index is 12.6. The lowest BCUT2D eigenvalue weighted by atomic mass is 9.89. The van der Waals surface area contributed by atoms with E-state index in [2.05, 4.69) is 10.3 Å². The monoisotopic (exact) mass is 342 g/mol. The van der Waals surface area contributed by atoms with Crippen molar-refractivity contribution >= 4 is 5.91 Å². The van der Waals surface area contributed by atoms with Gasteiger partial charge in [-0.25, -0.2) is 0 Å². The lowest BCUT2D eigenvalue weighted by Gasteiger charge is -2.38. The van der Waals surface area contributed by atoms with Crippen LogP contribution in [0.3, 0.4) is 0 Å². The molecule has 3 rings (SSSR count). The molecule has 1 aliphatic heterocycles. The van der Waals surface area contributed by atoms with Crippen LogP contribution in [-0.2, 0) is 0 Å². The van der Waals surface area contributed by atoms with Crippen LogP contribution >= 0.6 is 0 Å². The lowest BCUT2D eigenvalue weighted by molar-refractivity contribution is 0.0615. The molecule has 0 saturated heterocycles. The highest BCUT2D eigenvalue weighted by atomic mass is 16.5. The minimum Gasteiger partial charge on any atom is -0.497 e. The van der Waals surface area contributed by atoms with Crippen molar-refractivity contribution in [2.75, 3.05) is 14.2 Å². The molecule has 0 unspecified atom stereocenters. The van der Waals surface area contributed by atoms with E-state index >= 15 is 0 Å². The second-order valence-corrected chi connectivity index (χ2v) is 6.58. The van der Waals surface area contributed by atoms with Gasteiger partial charge in [0.15, 0.2) is 0 Å².